The minimum Gasteiger partial charge on any atom is -0.447 e. The Hall–Kier alpha value is -2.02. The van der Waals surface area contributed by atoms with Crippen molar-refractivity contribution >= 4 is 17.2 Å². The molecule has 0 bridgehead atoms. The van der Waals surface area contributed by atoms with Gasteiger partial charge in [0.1, 0.15) is 10.6 Å². The number of thiophene rings is 1. The van der Waals surface area contributed by atoms with E-state index in [0.29, 0.717) is 22.6 Å². The number of carbonyl (C=O) groups is 1. The van der Waals surface area contributed by atoms with E-state index in [-0.39, 0.29) is 5.06 Å². The first-order valence-electron chi connectivity index (χ1n) is 5.11. The molecule has 2 aromatic rings. The fraction of sp³-hybridized carbons (Fsp3) is 0.0833. The number of benzene rings is 1. The first-order valence-corrected chi connectivity index (χ1v) is 5.92. The van der Waals surface area contributed by atoms with Gasteiger partial charge in [-0.05, 0) is 36.4 Å². The molecule has 0 saturated heterocycles. The molecule has 2 N–H and O–H groups in total. The summed E-state index contributed by atoms with van der Waals surface area (Å²) in [5.74, 6) is -0.248. The number of ether oxygens (including phenoxy) is 1. The highest BCUT2D eigenvalue weighted by Gasteiger charge is 2.32. The van der Waals surface area contributed by atoms with Crippen LogP contribution in [-0.2, 0) is 6.18 Å². The van der Waals surface area contributed by atoms with Crippen molar-refractivity contribution in [3.05, 3.63) is 46.8 Å². The number of hydrogen-bond donors (Lipinski definition) is 1. The maximum Gasteiger partial charge on any atom is 0.425 e. The number of alkyl halides is 3. The van der Waals surface area contributed by atoms with Gasteiger partial charge >= 0.3 is 6.18 Å². The minimum absolute atomic E-state index is 0.124. The van der Waals surface area contributed by atoms with E-state index in [4.69, 9.17) is 10.5 Å². The van der Waals surface area contributed by atoms with Crippen LogP contribution in [0.4, 0.5) is 13.2 Å². The van der Waals surface area contributed by atoms with Crippen LogP contribution in [0.1, 0.15) is 15.2 Å². The lowest BCUT2D eigenvalue weighted by atomic mass is 10.2. The lowest BCUT2D eigenvalue weighted by molar-refractivity contribution is -0.134. The van der Waals surface area contributed by atoms with Crippen LogP contribution in [0.2, 0.25) is 0 Å². The third-order valence-electron chi connectivity index (χ3n) is 2.22. The second-order valence-corrected chi connectivity index (χ2v) is 4.65. The highest BCUT2D eigenvalue weighted by molar-refractivity contribution is 7.13. The van der Waals surface area contributed by atoms with Gasteiger partial charge in [0.2, 0.25) is 5.91 Å². The van der Waals surface area contributed by atoms with Gasteiger partial charge in [0, 0.05) is 5.56 Å². The van der Waals surface area contributed by atoms with E-state index in [9.17, 15) is 18.0 Å². The summed E-state index contributed by atoms with van der Waals surface area (Å²) in [7, 11) is 0. The van der Waals surface area contributed by atoms with Crippen LogP contribution in [0.5, 0.6) is 10.8 Å². The second kappa shape index (κ2) is 4.93. The van der Waals surface area contributed by atoms with Crippen molar-refractivity contribution in [3.8, 4) is 10.8 Å². The van der Waals surface area contributed by atoms with Crippen molar-refractivity contribution in [1.82, 2.24) is 0 Å². The molecule has 2 rings (SSSR count). The van der Waals surface area contributed by atoms with Crippen molar-refractivity contribution in [1.29, 1.82) is 0 Å². The Bertz CT molecular complexity index is 590. The molecule has 1 amide bonds. The molecule has 1 heterocycles. The molecule has 19 heavy (non-hydrogen) atoms. The van der Waals surface area contributed by atoms with E-state index < -0.39 is 17.0 Å². The molecular weight excluding hydrogens is 279 g/mol. The lowest BCUT2D eigenvalue weighted by Crippen LogP contribution is -2.10. The van der Waals surface area contributed by atoms with Gasteiger partial charge in [0.25, 0.3) is 0 Å². The quantitative estimate of drug-likeness (QED) is 0.936. The summed E-state index contributed by atoms with van der Waals surface area (Å²) in [6.45, 7) is 0. The zero-order valence-corrected chi connectivity index (χ0v) is 10.2. The zero-order chi connectivity index (χ0) is 14.0. The van der Waals surface area contributed by atoms with E-state index >= 15 is 0 Å². The minimum atomic E-state index is -4.37. The van der Waals surface area contributed by atoms with Gasteiger partial charge in [-0.15, -0.1) is 0 Å². The Morgan fingerprint density at radius 1 is 1.11 bits per heavy atom. The van der Waals surface area contributed by atoms with Crippen LogP contribution < -0.4 is 10.5 Å². The highest BCUT2D eigenvalue weighted by atomic mass is 32.1. The first kappa shape index (κ1) is 13.4. The van der Waals surface area contributed by atoms with E-state index in [2.05, 4.69) is 0 Å². The second-order valence-electron chi connectivity index (χ2n) is 3.61. The number of amides is 1. The molecular formula is C12H8F3NO2S. The molecule has 1 aromatic heterocycles. The standard InChI is InChI=1S/C12H8F3NO2S/c13-12(14,15)9-5-6-10(19-9)18-8-3-1-7(2-4-8)11(16)17/h1-6H,(H2,16,17). The average molecular weight is 287 g/mol. The van der Waals surface area contributed by atoms with Crippen LogP contribution in [-0.4, -0.2) is 5.91 Å². The van der Waals surface area contributed by atoms with Crippen LogP contribution in [0.15, 0.2) is 36.4 Å². The molecule has 7 heteroatoms. The fourth-order valence-corrected chi connectivity index (χ4v) is 2.07. The molecule has 0 atom stereocenters. The summed E-state index contributed by atoms with van der Waals surface area (Å²) in [5.41, 5.74) is 5.37. The maximum atomic E-state index is 12.4. The summed E-state index contributed by atoms with van der Waals surface area (Å²) in [6, 6.07) is 8.01. The normalized spacial score (nSPS) is 11.3. The third kappa shape index (κ3) is 3.25. The molecule has 0 unspecified atom stereocenters. The van der Waals surface area contributed by atoms with Gasteiger partial charge in [-0.2, -0.15) is 13.2 Å². The Labute approximate surface area is 110 Å². The highest BCUT2D eigenvalue weighted by Crippen LogP contribution is 2.39. The fourth-order valence-electron chi connectivity index (χ4n) is 1.33. The average Bonchev–Trinajstić information content (AvgIpc) is 2.78. The predicted octanol–water partition coefficient (Wildman–Crippen LogP) is 3.66. The Morgan fingerprint density at radius 2 is 1.74 bits per heavy atom. The Kier molecular flexibility index (Phi) is 3.48. The van der Waals surface area contributed by atoms with Crippen LogP contribution in [0.25, 0.3) is 0 Å². The number of hydrogen-bond acceptors (Lipinski definition) is 3. The van der Waals surface area contributed by atoms with Gasteiger partial charge < -0.3 is 10.5 Å². The number of halogens is 3. The van der Waals surface area contributed by atoms with Gasteiger partial charge in [-0.25, -0.2) is 0 Å². The molecule has 0 radical (unpaired) electrons. The van der Waals surface area contributed by atoms with Crippen LogP contribution in [0.3, 0.4) is 0 Å². The SMILES string of the molecule is NC(=O)c1ccc(Oc2ccc(C(F)(F)F)s2)cc1. The first-order chi connectivity index (χ1) is 8.86. The molecule has 0 aliphatic heterocycles. The number of carbonyl (C=O) groups excluding carboxylic acids is 1. The molecule has 0 fully saturated rings. The van der Waals surface area contributed by atoms with Gasteiger partial charge in [0.15, 0.2) is 5.06 Å². The smallest absolute Gasteiger partial charge is 0.425 e. The van der Waals surface area contributed by atoms with Crippen molar-refractivity contribution in [3.63, 3.8) is 0 Å². The predicted molar refractivity (Wildman–Crippen MR) is 64.4 cm³/mol. The topological polar surface area (TPSA) is 52.3 Å². The molecule has 1 aromatic carbocycles. The van der Waals surface area contributed by atoms with Gasteiger partial charge in [0.05, 0.1) is 0 Å². The van der Waals surface area contributed by atoms with E-state index in [1.165, 1.54) is 30.3 Å². The molecule has 0 saturated carbocycles. The van der Waals surface area contributed by atoms with Crippen LogP contribution >= 0.6 is 11.3 Å². The largest absolute Gasteiger partial charge is 0.447 e. The summed E-state index contributed by atoms with van der Waals surface area (Å²) in [4.78, 5) is 10.1. The summed E-state index contributed by atoms with van der Waals surface area (Å²) >= 11 is 0.506. The molecule has 100 valence electrons. The third-order valence-corrected chi connectivity index (χ3v) is 3.23. The van der Waals surface area contributed by atoms with Crippen molar-refractivity contribution < 1.29 is 22.7 Å². The van der Waals surface area contributed by atoms with Gasteiger partial charge in [-0.1, -0.05) is 11.3 Å². The number of rotatable bonds is 3. The summed E-state index contributed by atoms with van der Waals surface area (Å²) in [5, 5.41) is 0.124. The molecule has 3 nitrogen and oxygen atoms in total. The van der Waals surface area contributed by atoms with E-state index in [0.717, 1.165) is 6.07 Å². The van der Waals surface area contributed by atoms with E-state index in [1.54, 1.807) is 0 Å². The van der Waals surface area contributed by atoms with Crippen molar-refractivity contribution in [2.75, 3.05) is 0 Å². The summed E-state index contributed by atoms with van der Waals surface area (Å²) in [6.07, 6.45) is -4.37. The number of nitrogens with two attached hydrogens (primary N) is 1. The van der Waals surface area contributed by atoms with Crippen LogP contribution in [0, 0.1) is 0 Å². The maximum absolute atomic E-state index is 12.4. The summed E-state index contributed by atoms with van der Waals surface area (Å²) < 4.78 is 42.4. The van der Waals surface area contributed by atoms with E-state index in [1.807, 2.05) is 0 Å². The number of primary amides is 1. The molecule has 0 aliphatic rings. The molecule has 0 aliphatic carbocycles. The van der Waals surface area contributed by atoms with Crippen molar-refractivity contribution in [2.24, 2.45) is 5.73 Å². The van der Waals surface area contributed by atoms with Crippen molar-refractivity contribution in [2.45, 2.75) is 6.18 Å². The molecule has 0 spiro atoms. The zero-order valence-electron chi connectivity index (χ0n) is 9.40. The monoisotopic (exact) mass is 287 g/mol. The lowest BCUT2D eigenvalue weighted by Gasteiger charge is -2.04. The van der Waals surface area contributed by atoms with Gasteiger partial charge in [-0.3, -0.25) is 4.79 Å². The Balaban J connectivity index is 2.13. The Morgan fingerprint density at radius 3 is 2.21 bits per heavy atom.